The molecule has 3 rings (SSSR count). The number of benzene rings is 1. The van der Waals surface area contributed by atoms with Crippen LogP contribution in [0.15, 0.2) is 36.5 Å². The Hall–Kier alpha value is -1.97. The fraction of sp³-hybridized carbons (Fsp3) is 0.471. The zero-order chi connectivity index (χ0) is 14.5. The predicted molar refractivity (Wildman–Crippen MR) is 84.9 cm³/mol. The SMILES string of the molecule is Cc1cn(C2CCCC2)c(NCCOc2ccccc2)n1. The number of rotatable bonds is 6. The molecule has 1 N–H and O–H groups in total. The van der Waals surface area contributed by atoms with Gasteiger partial charge in [-0.15, -0.1) is 0 Å². The lowest BCUT2D eigenvalue weighted by molar-refractivity contribution is 0.332. The lowest BCUT2D eigenvalue weighted by Gasteiger charge is -2.15. The van der Waals surface area contributed by atoms with E-state index >= 15 is 0 Å². The van der Waals surface area contributed by atoms with Crippen LogP contribution in [-0.4, -0.2) is 22.7 Å². The number of hydrogen-bond acceptors (Lipinski definition) is 3. The van der Waals surface area contributed by atoms with Crippen LogP contribution in [0.2, 0.25) is 0 Å². The molecule has 1 heterocycles. The summed E-state index contributed by atoms with van der Waals surface area (Å²) in [6.45, 7) is 3.45. The van der Waals surface area contributed by atoms with Gasteiger partial charge in [0, 0.05) is 12.2 Å². The largest absolute Gasteiger partial charge is 0.492 e. The van der Waals surface area contributed by atoms with Crippen LogP contribution in [0, 0.1) is 6.92 Å². The van der Waals surface area contributed by atoms with Crippen LogP contribution in [-0.2, 0) is 0 Å². The predicted octanol–water partition coefficient (Wildman–Crippen LogP) is 3.80. The van der Waals surface area contributed by atoms with E-state index in [1.807, 2.05) is 30.3 Å². The minimum Gasteiger partial charge on any atom is -0.492 e. The summed E-state index contributed by atoms with van der Waals surface area (Å²) < 4.78 is 8.01. The van der Waals surface area contributed by atoms with Gasteiger partial charge in [-0.25, -0.2) is 4.98 Å². The summed E-state index contributed by atoms with van der Waals surface area (Å²) in [5, 5.41) is 3.41. The van der Waals surface area contributed by atoms with E-state index in [9.17, 15) is 0 Å². The number of imidazole rings is 1. The van der Waals surface area contributed by atoms with Gasteiger partial charge in [-0.05, 0) is 31.9 Å². The Labute approximate surface area is 126 Å². The van der Waals surface area contributed by atoms with Crippen LogP contribution < -0.4 is 10.1 Å². The smallest absolute Gasteiger partial charge is 0.203 e. The Bertz CT molecular complexity index is 559. The second-order valence-corrected chi connectivity index (χ2v) is 5.64. The number of hydrogen-bond donors (Lipinski definition) is 1. The molecule has 1 saturated carbocycles. The normalized spacial score (nSPS) is 15.3. The highest BCUT2D eigenvalue weighted by Crippen LogP contribution is 2.31. The zero-order valence-corrected chi connectivity index (χ0v) is 12.6. The zero-order valence-electron chi connectivity index (χ0n) is 12.6. The standard InChI is InChI=1S/C17H23N3O/c1-14-13-20(15-7-5-6-8-15)17(19-14)18-11-12-21-16-9-3-2-4-10-16/h2-4,9-10,13,15H,5-8,11-12H2,1H3,(H,18,19). The van der Waals surface area contributed by atoms with Crippen molar-refractivity contribution in [2.75, 3.05) is 18.5 Å². The van der Waals surface area contributed by atoms with Gasteiger partial charge in [-0.1, -0.05) is 31.0 Å². The average molecular weight is 285 g/mol. The molecule has 0 atom stereocenters. The van der Waals surface area contributed by atoms with Crippen molar-refractivity contribution in [1.29, 1.82) is 0 Å². The average Bonchev–Trinajstić information content (AvgIpc) is 3.14. The molecule has 4 heteroatoms. The molecule has 0 bridgehead atoms. The Morgan fingerprint density at radius 3 is 2.76 bits per heavy atom. The van der Waals surface area contributed by atoms with Crippen molar-refractivity contribution in [2.24, 2.45) is 0 Å². The van der Waals surface area contributed by atoms with Crippen molar-refractivity contribution in [1.82, 2.24) is 9.55 Å². The van der Waals surface area contributed by atoms with Crippen molar-refractivity contribution < 1.29 is 4.74 Å². The van der Waals surface area contributed by atoms with E-state index in [1.165, 1.54) is 25.7 Å². The number of nitrogens with one attached hydrogen (secondary N) is 1. The Kier molecular flexibility index (Phi) is 4.43. The van der Waals surface area contributed by atoms with E-state index in [-0.39, 0.29) is 0 Å². The summed E-state index contributed by atoms with van der Waals surface area (Å²) in [4.78, 5) is 4.60. The topological polar surface area (TPSA) is 39.1 Å². The summed E-state index contributed by atoms with van der Waals surface area (Å²) >= 11 is 0. The molecular weight excluding hydrogens is 262 g/mol. The fourth-order valence-electron chi connectivity index (χ4n) is 2.96. The minimum atomic E-state index is 0.615. The maximum Gasteiger partial charge on any atom is 0.203 e. The van der Waals surface area contributed by atoms with E-state index in [4.69, 9.17) is 4.74 Å². The Morgan fingerprint density at radius 1 is 1.24 bits per heavy atom. The molecule has 112 valence electrons. The quantitative estimate of drug-likeness (QED) is 0.821. The highest BCUT2D eigenvalue weighted by atomic mass is 16.5. The number of nitrogens with zero attached hydrogens (tertiary/aromatic N) is 2. The van der Waals surface area contributed by atoms with E-state index in [0.717, 1.165) is 23.9 Å². The molecule has 0 spiro atoms. The van der Waals surface area contributed by atoms with Crippen LogP contribution in [0.1, 0.15) is 37.4 Å². The first-order valence-electron chi connectivity index (χ1n) is 7.80. The van der Waals surface area contributed by atoms with Crippen LogP contribution in [0.25, 0.3) is 0 Å². The molecule has 0 saturated heterocycles. The van der Waals surface area contributed by atoms with Crippen LogP contribution in [0.4, 0.5) is 5.95 Å². The highest BCUT2D eigenvalue weighted by molar-refractivity contribution is 5.30. The van der Waals surface area contributed by atoms with Gasteiger partial charge >= 0.3 is 0 Å². The Morgan fingerprint density at radius 2 is 2.00 bits per heavy atom. The molecule has 2 aromatic rings. The maximum absolute atomic E-state index is 5.70. The summed E-state index contributed by atoms with van der Waals surface area (Å²) in [5.41, 5.74) is 1.08. The molecular formula is C17H23N3O. The minimum absolute atomic E-state index is 0.615. The number of aryl methyl sites for hydroxylation is 1. The fourth-order valence-corrected chi connectivity index (χ4v) is 2.96. The van der Waals surface area contributed by atoms with Gasteiger partial charge in [0.15, 0.2) is 0 Å². The first kappa shape index (κ1) is 14.0. The first-order chi connectivity index (χ1) is 10.3. The van der Waals surface area contributed by atoms with Crippen LogP contribution in [0.5, 0.6) is 5.75 Å². The van der Waals surface area contributed by atoms with Crippen molar-refractivity contribution in [3.8, 4) is 5.75 Å². The highest BCUT2D eigenvalue weighted by Gasteiger charge is 2.19. The van der Waals surface area contributed by atoms with E-state index in [0.29, 0.717) is 12.6 Å². The van der Waals surface area contributed by atoms with Gasteiger partial charge in [-0.2, -0.15) is 0 Å². The molecule has 0 unspecified atom stereocenters. The monoisotopic (exact) mass is 285 g/mol. The molecule has 1 aromatic heterocycles. The third kappa shape index (κ3) is 3.57. The van der Waals surface area contributed by atoms with Gasteiger partial charge in [0.25, 0.3) is 0 Å². The lowest BCUT2D eigenvalue weighted by Crippen LogP contribution is -2.16. The molecule has 0 amide bonds. The molecule has 1 aromatic carbocycles. The Balaban J connectivity index is 1.53. The summed E-state index contributed by atoms with van der Waals surface area (Å²) in [5.74, 6) is 1.89. The van der Waals surface area contributed by atoms with E-state index in [2.05, 4.69) is 28.0 Å². The molecule has 0 aliphatic heterocycles. The van der Waals surface area contributed by atoms with E-state index in [1.54, 1.807) is 0 Å². The summed E-state index contributed by atoms with van der Waals surface area (Å²) in [6, 6.07) is 10.5. The number of ether oxygens (including phenoxy) is 1. The number of anilines is 1. The molecule has 1 aliphatic rings. The molecule has 0 radical (unpaired) electrons. The van der Waals surface area contributed by atoms with Crippen molar-refractivity contribution in [3.63, 3.8) is 0 Å². The van der Waals surface area contributed by atoms with Crippen molar-refractivity contribution in [3.05, 3.63) is 42.2 Å². The molecule has 21 heavy (non-hydrogen) atoms. The summed E-state index contributed by atoms with van der Waals surface area (Å²) in [7, 11) is 0. The van der Waals surface area contributed by atoms with Crippen molar-refractivity contribution >= 4 is 5.95 Å². The molecule has 4 nitrogen and oxygen atoms in total. The van der Waals surface area contributed by atoms with Crippen LogP contribution >= 0.6 is 0 Å². The van der Waals surface area contributed by atoms with Crippen LogP contribution in [0.3, 0.4) is 0 Å². The van der Waals surface area contributed by atoms with Gasteiger partial charge < -0.3 is 14.6 Å². The van der Waals surface area contributed by atoms with Gasteiger partial charge in [0.2, 0.25) is 5.95 Å². The summed E-state index contributed by atoms with van der Waals surface area (Å²) in [6.07, 6.45) is 7.36. The van der Waals surface area contributed by atoms with Gasteiger partial charge in [-0.3, -0.25) is 0 Å². The first-order valence-corrected chi connectivity index (χ1v) is 7.80. The maximum atomic E-state index is 5.70. The second kappa shape index (κ2) is 6.66. The molecule has 1 aliphatic carbocycles. The van der Waals surface area contributed by atoms with Crippen molar-refractivity contribution in [2.45, 2.75) is 38.6 Å². The van der Waals surface area contributed by atoms with Gasteiger partial charge in [0.1, 0.15) is 12.4 Å². The second-order valence-electron chi connectivity index (χ2n) is 5.64. The lowest BCUT2D eigenvalue weighted by atomic mass is 10.2. The third-order valence-electron chi connectivity index (χ3n) is 3.97. The molecule has 1 fully saturated rings. The number of para-hydroxylation sites is 1. The van der Waals surface area contributed by atoms with E-state index < -0.39 is 0 Å². The van der Waals surface area contributed by atoms with Gasteiger partial charge in [0.05, 0.1) is 12.2 Å². The third-order valence-corrected chi connectivity index (χ3v) is 3.97. The number of aromatic nitrogens is 2.